The molecule has 1 saturated heterocycles. The topological polar surface area (TPSA) is 108 Å². The van der Waals surface area contributed by atoms with Crippen molar-refractivity contribution >= 4 is 46.3 Å². The minimum Gasteiger partial charge on any atom is -0.493 e. The highest BCUT2D eigenvalue weighted by atomic mass is 35.5. The fourth-order valence-corrected chi connectivity index (χ4v) is 3.47. The Hall–Kier alpha value is -3.25. The number of carbonyl (C=O) groups excluding carboxylic acids is 2. The number of ether oxygens (including phenoxy) is 2. The van der Waals surface area contributed by atoms with Crippen LogP contribution in [-0.2, 0) is 11.0 Å². The maximum Gasteiger partial charge on any atom is 0.416 e. The highest BCUT2D eigenvalue weighted by Gasteiger charge is 2.34. The van der Waals surface area contributed by atoms with Gasteiger partial charge in [0.2, 0.25) is 5.75 Å². The minimum absolute atomic E-state index is 0.0109. The first-order chi connectivity index (χ1) is 14.5. The number of nitro groups is 1. The summed E-state index contributed by atoms with van der Waals surface area (Å²) in [5.74, 6) is -1.27. The molecule has 0 atom stereocenters. The molecule has 0 unspecified atom stereocenters. The third-order valence-electron chi connectivity index (χ3n) is 3.89. The van der Waals surface area contributed by atoms with E-state index in [9.17, 15) is 32.9 Å². The first kappa shape index (κ1) is 22.4. The van der Waals surface area contributed by atoms with Crippen molar-refractivity contribution in [2.75, 3.05) is 7.11 Å². The van der Waals surface area contributed by atoms with Crippen LogP contribution in [0.5, 0.6) is 17.2 Å². The van der Waals surface area contributed by atoms with Crippen LogP contribution < -0.4 is 14.8 Å². The van der Waals surface area contributed by atoms with Gasteiger partial charge >= 0.3 is 11.9 Å². The predicted molar refractivity (Wildman–Crippen MR) is 105 cm³/mol. The third kappa shape index (κ3) is 4.91. The molecule has 0 spiro atoms. The van der Waals surface area contributed by atoms with Crippen molar-refractivity contribution in [2.45, 2.75) is 6.18 Å². The van der Waals surface area contributed by atoms with Crippen LogP contribution in [0, 0.1) is 10.1 Å². The van der Waals surface area contributed by atoms with Crippen LogP contribution in [0.15, 0.2) is 35.2 Å². The van der Waals surface area contributed by atoms with Crippen LogP contribution in [-0.4, -0.2) is 23.2 Å². The number of nitrogens with zero attached hydrogens (tertiary/aromatic N) is 1. The molecule has 2 amide bonds. The van der Waals surface area contributed by atoms with E-state index in [1.807, 2.05) is 0 Å². The number of rotatable bonds is 5. The number of hydrogen-bond donors (Lipinski definition) is 1. The fraction of sp³-hybridized carbons (Fsp3) is 0.111. The number of thioether (sulfide) groups is 1. The molecule has 31 heavy (non-hydrogen) atoms. The Balaban J connectivity index is 2.01. The minimum atomic E-state index is -4.78. The Labute approximate surface area is 181 Å². The van der Waals surface area contributed by atoms with Gasteiger partial charge in [0, 0.05) is 6.07 Å². The van der Waals surface area contributed by atoms with E-state index >= 15 is 0 Å². The molecule has 13 heteroatoms. The van der Waals surface area contributed by atoms with Gasteiger partial charge in [-0.15, -0.1) is 0 Å². The lowest BCUT2D eigenvalue weighted by Gasteiger charge is -2.14. The zero-order valence-corrected chi connectivity index (χ0v) is 16.9. The number of imide groups is 1. The summed E-state index contributed by atoms with van der Waals surface area (Å²) in [6.07, 6.45) is -3.41. The van der Waals surface area contributed by atoms with Crippen molar-refractivity contribution in [3.8, 4) is 17.2 Å². The van der Waals surface area contributed by atoms with E-state index in [0.29, 0.717) is 29.5 Å². The Kier molecular flexibility index (Phi) is 6.13. The molecule has 0 radical (unpaired) electrons. The second-order valence-corrected chi connectivity index (χ2v) is 7.35. The summed E-state index contributed by atoms with van der Waals surface area (Å²) in [4.78, 5) is 33.3. The molecule has 1 fully saturated rings. The number of methoxy groups -OCH3 is 1. The van der Waals surface area contributed by atoms with Crippen molar-refractivity contribution < 1.29 is 37.2 Å². The van der Waals surface area contributed by atoms with Gasteiger partial charge in [-0.3, -0.25) is 25.0 Å². The van der Waals surface area contributed by atoms with Gasteiger partial charge in [0.15, 0.2) is 11.5 Å². The van der Waals surface area contributed by atoms with Gasteiger partial charge < -0.3 is 9.47 Å². The van der Waals surface area contributed by atoms with E-state index in [1.165, 1.54) is 25.3 Å². The van der Waals surface area contributed by atoms with Crippen molar-refractivity contribution in [1.29, 1.82) is 0 Å². The number of benzene rings is 2. The number of carbonyl (C=O) groups is 2. The van der Waals surface area contributed by atoms with Gasteiger partial charge in [0.05, 0.1) is 27.5 Å². The largest absolute Gasteiger partial charge is 0.493 e. The molecule has 1 aliphatic rings. The number of nitrogens with one attached hydrogen (secondary N) is 1. The summed E-state index contributed by atoms with van der Waals surface area (Å²) in [5, 5.41) is 12.7. The fourth-order valence-electron chi connectivity index (χ4n) is 2.53. The van der Waals surface area contributed by atoms with Crippen LogP contribution >= 0.6 is 23.4 Å². The Bertz CT molecular complexity index is 1140. The van der Waals surface area contributed by atoms with Crippen LogP contribution in [0.3, 0.4) is 0 Å². The van der Waals surface area contributed by atoms with Gasteiger partial charge in [0.1, 0.15) is 0 Å². The first-order valence-corrected chi connectivity index (χ1v) is 9.35. The average Bonchev–Trinajstić information content (AvgIpc) is 2.99. The predicted octanol–water partition coefficient (Wildman–Crippen LogP) is 5.39. The molecular formula is C18H10ClF3N2O6S. The molecule has 1 aliphatic heterocycles. The van der Waals surface area contributed by atoms with Crippen molar-refractivity contribution in [3.05, 3.63) is 61.5 Å². The van der Waals surface area contributed by atoms with E-state index < -0.39 is 39.2 Å². The zero-order chi connectivity index (χ0) is 22.9. The molecule has 3 rings (SSSR count). The molecule has 1 N–H and O–H groups in total. The SMILES string of the molecule is COc1cc(/C=C2/SC(=O)NC2=O)cc(Cl)c1Oc1ccc(C(F)(F)F)cc1[N+](=O)[O-]. The average molecular weight is 475 g/mol. The molecule has 0 saturated carbocycles. The molecule has 2 aromatic carbocycles. The number of alkyl halides is 3. The summed E-state index contributed by atoms with van der Waals surface area (Å²) in [7, 11) is 1.25. The van der Waals surface area contributed by atoms with Gasteiger partial charge in [0.25, 0.3) is 11.1 Å². The van der Waals surface area contributed by atoms with Gasteiger partial charge in [-0.2, -0.15) is 13.2 Å². The molecule has 0 bridgehead atoms. The smallest absolute Gasteiger partial charge is 0.416 e. The molecule has 2 aromatic rings. The van der Waals surface area contributed by atoms with E-state index in [1.54, 1.807) is 0 Å². The molecular weight excluding hydrogens is 465 g/mol. The summed E-state index contributed by atoms with van der Waals surface area (Å²) in [6, 6.07) is 4.49. The lowest BCUT2D eigenvalue weighted by molar-refractivity contribution is -0.385. The summed E-state index contributed by atoms with van der Waals surface area (Å²) in [5.41, 5.74) is -1.78. The maximum absolute atomic E-state index is 12.9. The number of hydrogen-bond acceptors (Lipinski definition) is 7. The first-order valence-electron chi connectivity index (χ1n) is 8.15. The molecule has 8 nitrogen and oxygen atoms in total. The van der Waals surface area contributed by atoms with Crippen molar-refractivity contribution in [1.82, 2.24) is 5.32 Å². The van der Waals surface area contributed by atoms with E-state index in [-0.39, 0.29) is 21.4 Å². The summed E-state index contributed by atoms with van der Waals surface area (Å²) >= 11 is 6.87. The van der Waals surface area contributed by atoms with Crippen molar-refractivity contribution in [3.63, 3.8) is 0 Å². The van der Waals surface area contributed by atoms with Gasteiger partial charge in [-0.25, -0.2) is 0 Å². The maximum atomic E-state index is 12.9. The lowest BCUT2D eigenvalue weighted by Crippen LogP contribution is -2.17. The molecule has 1 heterocycles. The standard InChI is InChI=1S/C18H10ClF3N2O6S/c1-29-13-5-8(6-14-16(25)23-17(26)31-14)4-10(19)15(13)30-12-3-2-9(18(20,21)22)7-11(12)24(27)28/h2-7H,1H3,(H,23,25,26)/b14-6+. The summed E-state index contributed by atoms with van der Waals surface area (Å²) in [6.45, 7) is 0. The monoisotopic (exact) mass is 474 g/mol. The van der Waals surface area contributed by atoms with E-state index in [2.05, 4.69) is 5.32 Å². The number of amides is 2. The quantitative estimate of drug-likeness (QED) is 0.351. The zero-order valence-electron chi connectivity index (χ0n) is 15.3. The second kappa shape index (κ2) is 8.47. The van der Waals surface area contributed by atoms with Gasteiger partial charge in [-0.1, -0.05) is 11.6 Å². The highest BCUT2D eigenvalue weighted by Crippen LogP contribution is 2.44. The van der Waals surface area contributed by atoms with Crippen LogP contribution in [0.1, 0.15) is 11.1 Å². The van der Waals surface area contributed by atoms with E-state index in [0.717, 1.165) is 6.07 Å². The third-order valence-corrected chi connectivity index (χ3v) is 4.98. The Morgan fingerprint density at radius 2 is 1.90 bits per heavy atom. The Morgan fingerprint density at radius 1 is 1.19 bits per heavy atom. The summed E-state index contributed by atoms with van der Waals surface area (Å²) < 4.78 is 49.2. The number of halogens is 4. The van der Waals surface area contributed by atoms with Crippen molar-refractivity contribution in [2.24, 2.45) is 0 Å². The number of nitro benzene ring substituents is 1. The lowest BCUT2D eigenvalue weighted by atomic mass is 10.1. The van der Waals surface area contributed by atoms with Crippen LogP contribution in [0.4, 0.5) is 23.7 Å². The second-order valence-electron chi connectivity index (χ2n) is 5.93. The van der Waals surface area contributed by atoms with Crippen LogP contribution in [0.25, 0.3) is 6.08 Å². The highest BCUT2D eigenvalue weighted by molar-refractivity contribution is 8.18. The van der Waals surface area contributed by atoms with Crippen LogP contribution in [0.2, 0.25) is 5.02 Å². The normalized spacial score (nSPS) is 15.2. The molecule has 0 aliphatic carbocycles. The molecule has 162 valence electrons. The van der Waals surface area contributed by atoms with Gasteiger partial charge in [-0.05, 0) is 47.7 Å². The molecule has 0 aromatic heterocycles. The van der Waals surface area contributed by atoms with E-state index in [4.69, 9.17) is 21.1 Å². The Morgan fingerprint density at radius 3 is 2.45 bits per heavy atom.